The first-order chi connectivity index (χ1) is 9.96. The summed E-state index contributed by atoms with van der Waals surface area (Å²) >= 11 is 0. The number of hydrogen-bond donors (Lipinski definition) is 3. The molecule has 0 radical (unpaired) electrons. The second-order valence-electron chi connectivity index (χ2n) is 4.69. The Morgan fingerprint density at radius 1 is 1.43 bits per heavy atom. The maximum Gasteiger partial charge on any atom is 0.350 e. The molecule has 3 heterocycles. The van der Waals surface area contributed by atoms with Crippen molar-refractivity contribution in [3.63, 3.8) is 0 Å². The third kappa shape index (κ3) is 2.89. The predicted molar refractivity (Wildman–Crippen MR) is 71.4 cm³/mol. The van der Waals surface area contributed by atoms with E-state index >= 15 is 0 Å². The molecule has 2 aromatic rings. The van der Waals surface area contributed by atoms with Crippen LogP contribution in [0.5, 0.6) is 0 Å². The van der Waals surface area contributed by atoms with Crippen LogP contribution < -0.4 is 5.73 Å². The van der Waals surface area contributed by atoms with E-state index in [-0.39, 0.29) is 18.5 Å². The summed E-state index contributed by atoms with van der Waals surface area (Å²) in [6, 6.07) is -0.282. The summed E-state index contributed by atoms with van der Waals surface area (Å²) in [4.78, 5) is 29.9. The topological polar surface area (TPSA) is 146 Å². The number of ether oxygens (including phenoxy) is 2. The minimum absolute atomic E-state index is 0.241. The van der Waals surface area contributed by atoms with Gasteiger partial charge in [-0.25, -0.2) is 15.0 Å². The van der Waals surface area contributed by atoms with Crippen LogP contribution >= 0.6 is 7.60 Å². The van der Waals surface area contributed by atoms with Crippen molar-refractivity contribution in [1.82, 2.24) is 19.5 Å². The molecule has 11 heteroatoms. The van der Waals surface area contributed by atoms with Crippen LogP contribution in [-0.2, 0) is 14.0 Å². The lowest BCUT2D eigenvalue weighted by molar-refractivity contribution is 0.0476. The summed E-state index contributed by atoms with van der Waals surface area (Å²) < 4.78 is 23.2. The standard InChI is InChI=1S/C10H14N5O5P/c11-9-8-10(13-3-12-9)15(4-14-8)6-1-19-2-7(6)20-5-21(16,17)18/h3-4,6-7H,1-2,5H2,(H2,11,12,13)(H2,16,17,18)/t6-,7+/m0/s1. The van der Waals surface area contributed by atoms with E-state index in [4.69, 9.17) is 25.0 Å². The van der Waals surface area contributed by atoms with Gasteiger partial charge >= 0.3 is 7.60 Å². The Bertz CT molecular complexity index is 700. The molecule has 0 bridgehead atoms. The highest BCUT2D eigenvalue weighted by Crippen LogP contribution is 2.36. The lowest BCUT2D eigenvalue weighted by atomic mass is 10.2. The maximum absolute atomic E-state index is 10.9. The van der Waals surface area contributed by atoms with E-state index in [9.17, 15) is 4.57 Å². The van der Waals surface area contributed by atoms with Gasteiger partial charge in [0.25, 0.3) is 0 Å². The van der Waals surface area contributed by atoms with E-state index in [1.54, 1.807) is 10.9 Å². The van der Waals surface area contributed by atoms with E-state index in [1.807, 2.05) is 0 Å². The van der Waals surface area contributed by atoms with Crippen molar-refractivity contribution < 1.29 is 23.8 Å². The van der Waals surface area contributed by atoms with Gasteiger partial charge in [-0.05, 0) is 0 Å². The quantitative estimate of drug-likeness (QED) is 0.635. The molecule has 1 aliphatic rings. The van der Waals surface area contributed by atoms with Crippen LogP contribution in [0.15, 0.2) is 12.7 Å². The number of nitrogens with zero attached hydrogens (tertiary/aromatic N) is 4. The smallest absolute Gasteiger partial charge is 0.350 e. The van der Waals surface area contributed by atoms with Crippen molar-refractivity contribution in [1.29, 1.82) is 0 Å². The molecule has 0 aliphatic carbocycles. The summed E-state index contributed by atoms with van der Waals surface area (Å²) in [7, 11) is -4.23. The zero-order valence-electron chi connectivity index (χ0n) is 10.9. The van der Waals surface area contributed by atoms with Crippen LogP contribution in [-0.4, -0.2) is 55.0 Å². The van der Waals surface area contributed by atoms with Gasteiger partial charge in [-0.15, -0.1) is 0 Å². The lowest BCUT2D eigenvalue weighted by Crippen LogP contribution is -2.25. The molecule has 1 saturated heterocycles. The van der Waals surface area contributed by atoms with E-state index in [0.717, 1.165) is 0 Å². The predicted octanol–water partition coefficient (Wildman–Crippen LogP) is -0.500. The molecule has 3 rings (SSSR count). The van der Waals surface area contributed by atoms with E-state index in [2.05, 4.69) is 15.0 Å². The second-order valence-corrected chi connectivity index (χ2v) is 6.27. The number of rotatable bonds is 4. The number of hydrogen-bond acceptors (Lipinski definition) is 7. The van der Waals surface area contributed by atoms with Gasteiger partial charge in [-0.3, -0.25) is 4.57 Å². The molecule has 4 N–H and O–H groups in total. The third-order valence-electron chi connectivity index (χ3n) is 3.20. The summed E-state index contributed by atoms with van der Waals surface area (Å²) in [6.45, 7) is 0.575. The number of imidazole rings is 1. The van der Waals surface area contributed by atoms with Crippen molar-refractivity contribution in [2.75, 3.05) is 25.3 Å². The Morgan fingerprint density at radius 2 is 2.24 bits per heavy atom. The van der Waals surface area contributed by atoms with Gasteiger partial charge in [0.05, 0.1) is 25.6 Å². The average molecular weight is 315 g/mol. The number of aromatic nitrogens is 4. The first-order valence-electron chi connectivity index (χ1n) is 6.12. The molecular formula is C10H14N5O5P. The monoisotopic (exact) mass is 315 g/mol. The SMILES string of the molecule is Nc1ncnc2c1ncn2[C@H]1COC[C@H]1OCP(=O)(O)O. The lowest BCUT2D eigenvalue weighted by Gasteiger charge is -2.20. The van der Waals surface area contributed by atoms with Crippen LogP contribution in [0.25, 0.3) is 11.2 Å². The molecule has 0 amide bonds. The van der Waals surface area contributed by atoms with Crippen LogP contribution in [0.3, 0.4) is 0 Å². The number of nitrogen functional groups attached to an aromatic ring is 1. The Balaban J connectivity index is 1.87. The van der Waals surface area contributed by atoms with Gasteiger partial charge in [-0.1, -0.05) is 0 Å². The van der Waals surface area contributed by atoms with E-state index in [1.165, 1.54) is 6.33 Å². The molecule has 1 fully saturated rings. The van der Waals surface area contributed by atoms with Crippen LogP contribution in [0, 0.1) is 0 Å². The first-order valence-corrected chi connectivity index (χ1v) is 7.92. The molecule has 0 aromatic carbocycles. The summed E-state index contributed by atoms with van der Waals surface area (Å²) in [5, 5.41) is 0. The molecule has 0 spiro atoms. The fraction of sp³-hybridized carbons (Fsp3) is 0.500. The average Bonchev–Trinajstić information content (AvgIpc) is 3.01. The van der Waals surface area contributed by atoms with Crippen LogP contribution in [0.1, 0.15) is 6.04 Å². The Hall–Kier alpha value is -1.58. The Labute approximate surface area is 119 Å². The second kappa shape index (κ2) is 5.32. The number of fused-ring (bicyclic) bond motifs is 1. The molecule has 0 unspecified atom stereocenters. The normalized spacial score (nSPS) is 23.0. The van der Waals surface area contributed by atoms with Crippen molar-refractivity contribution >= 4 is 24.6 Å². The zero-order chi connectivity index (χ0) is 15.0. The fourth-order valence-corrected chi connectivity index (χ4v) is 2.63. The first kappa shape index (κ1) is 14.4. The van der Waals surface area contributed by atoms with Crippen molar-refractivity contribution in [3.8, 4) is 0 Å². The van der Waals surface area contributed by atoms with Crippen LogP contribution in [0.2, 0.25) is 0 Å². The molecular weight excluding hydrogens is 301 g/mol. The Morgan fingerprint density at radius 3 is 3.00 bits per heavy atom. The fourth-order valence-electron chi connectivity index (χ4n) is 2.25. The highest BCUT2D eigenvalue weighted by Gasteiger charge is 2.33. The van der Waals surface area contributed by atoms with Crippen molar-refractivity contribution in [3.05, 3.63) is 12.7 Å². The van der Waals surface area contributed by atoms with Crippen molar-refractivity contribution in [2.24, 2.45) is 0 Å². The van der Waals surface area contributed by atoms with Crippen molar-refractivity contribution in [2.45, 2.75) is 12.1 Å². The largest absolute Gasteiger partial charge is 0.382 e. The highest BCUT2D eigenvalue weighted by molar-refractivity contribution is 7.51. The minimum atomic E-state index is -4.23. The third-order valence-corrected chi connectivity index (χ3v) is 3.69. The summed E-state index contributed by atoms with van der Waals surface area (Å²) in [5.74, 6) is 0.269. The number of nitrogens with two attached hydrogens (primary N) is 1. The molecule has 1 aliphatic heterocycles. The van der Waals surface area contributed by atoms with Gasteiger partial charge in [0.2, 0.25) is 0 Å². The Kier molecular flexibility index (Phi) is 3.64. The summed E-state index contributed by atoms with van der Waals surface area (Å²) in [6.07, 6.45) is 1.73. The van der Waals surface area contributed by atoms with Gasteiger partial charge in [0.1, 0.15) is 24.3 Å². The maximum atomic E-state index is 10.9. The molecule has 2 atom stereocenters. The highest BCUT2D eigenvalue weighted by atomic mass is 31.2. The number of anilines is 1. The van der Waals surface area contributed by atoms with Crippen LogP contribution in [0.4, 0.5) is 5.82 Å². The molecule has 21 heavy (non-hydrogen) atoms. The minimum Gasteiger partial charge on any atom is -0.382 e. The van der Waals surface area contributed by atoms with E-state index in [0.29, 0.717) is 17.8 Å². The zero-order valence-corrected chi connectivity index (χ0v) is 11.8. The van der Waals surface area contributed by atoms with Gasteiger partial charge in [0, 0.05) is 0 Å². The molecule has 10 nitrogen and oxygen atoms in total. The molecule has 0 saturated carbocycles. The van der Waals surface area contributed by atoms with Gasteiger partial charge in [0.15, 0.2) is 11.5 Å². The molecule has 2 aromatic heterocycles. The van der Waals surface area contributed by atoms with Gasteiger partial charge < -0.3 is 29.6 Å². The molecule has 114 valence electrons. The summed E-state index contributed by atoms with van der Waals surface area (Å²) in [5.41, 5.74) is 6.73. The van der Waals surface area contributed by atoms with E-state index < -0.39 is 20.0 Å². The van der Waals surface area contributed by atoms with Gasteiger partial charge in [-0.2, -0.15) is 0 Å².